The highest BCUT2D eigenvalue weighted by Gasteiger charge is 2.56. The van der Waals surface area contributed by atoms with Gasteiger partial charge in [-0.2, -0.15) is 0 Å². The van der Waals surface area contributed by atoms with Crippen molar-refractivity contribution >= 4 is 0 Å². The summed E-state index contributed by atoms with van der Waals surface area (Å²) in [7, 11) is 0. The Hall–Kier alpha value is -1.26. The maximum atomic E-state index is 7.04. The van der Waals surface area contributed by atoms with Crippen molar-refractivity contribution in [2.75, 3.05) is 26.4 Å². The first-order chi connectivity index (χ1) is 18.0. The van der Waals surface area contributed by atoms with Crippen molar-refractivity contribution in [1.82, 2.24) is 0 Å². The Labute approximate surface area is 222 Å². The molecule has 2 heterocycles. The topological polar surface area (TPSA) is 43.5 Å². The van der Waals surface area contributed by atoms with Crippen molar-refractivity contribution in [3.8, 4) is 11.5 Å². The van der Waals surface area contributed by atoms with Gasteiger partial charge in [0.15, 0.2) is 0 Å². The Bertz CT molecular complexity index is 1030. The predicted molar refractivity (Wildman–Crippen MR) is 141 cm³/mol. The molecule has 200 valence electrons. The fraction of sp³-hybridized carbons (Fsp3) is 0.818. The molecule has 2 saturated heterocycles. The third kappa shape index (κ3) is 3.67. The smallest absolute Gasteiger partial charge is 0.127 e. The SMILES string of the molecule is Cc1c(OCC2CO2)cc(C23CC4CC(CC(C4)C2)C3)c(OCC2CO2)c1C12CC3CC(CC(C3)C1)C2. The van der Waals surface area contributed by atoms with E-state index in [0.29, 0.717) is 13.2 Å². The highest BCUT2D eigenvalue weighted by Crippen LogP contribution is 2.66. The lowest BCUT2D eigenvalue weighted by atomic mass is 9.46. The lowest BCUT2D eigenvalue weighted by Crippen LogP contribution is -2.50. The van der Waals surface area contributed by atoms with E-state index in [1.54, 1.807) is 5.56 Å². The van der Waals surface area contributed by atoms with E-state index in [4.69, 9.17) is 18.9 Å². The molecule has 10 fully saturated rings. The number of hydrogen-bond donors (Lipinski definition) is 0. The summed E-state index contributed by atoms with van der Waals surface area (Å²) >= 11 is 0. The van der Waals surface area contributed by atoms with Gasteiger partial charge >= 0.3 is 0 Å². The molecule has 10 aliphatic rings. The molecule has 8 saturated carbocycles. The minimum Gasteiger partial charge on any atom is -0.490 e. The van der Waals surface area contributed by atoms with Gasteiger partial charge in [-0.05, 0) is 137 Å². The molecule has 0 amide bonds. The molecule has 2 atom stereocenters. The maximum absolute atomic E-state index is 7.04. The average molecular weight is 505 g/mol. The molecular weight excluding hydrogens is 460 g/mol. The second-order valence-corrected chi connectivity index (χ2v) is 15.2. The van der Waals surface area contributed by atoms with Crippen LogP contribution in [-0.4, -0.2) is 38.6 Å². The third-order valence-corrected chi connectivity index (χ3v) is 12.3. The molecule has 11 rings (SSSR count). The quantitative estimate of drug-likeness (QED) is 0.380. The van der Waals surface area contributed by atoms with Gasteiger partial charge in [0.1, 0.15) is 36.9 Å². The van der Waals surface area contributed by atoms with Crippen molar-refractivity contribution in [2.24, 2.45) is 35.5 Å². The van der Waals surface area contributed by atoms with Crippen LogP contribution in [0.25, 0.3) is 0 Å². The second kappa shape index (κ2) is 7.90. The van der Waals surface area contributed by atoms with Crippen molar-refractivity contribution in [2.45, 2.75) is 107 Å². The van der Waals surface area contributed by atoms with E-state index in [-0.39, 0.29) is 23.0 Å². The average Bonchev–Trinajstić information content (AvgIpc) is 3.76. The van der Waals surface area contributed by atoms with Gasteiger partial charge in [0.05, 0.1) is 13.2 Å². The van der Waals surface area contributed by atoms with Crippen LogP contribution in [0.5, 0.6) is 11.5 Å². The van der Waals surface area contributed by atoms with Crippen LogP contribution in [-0.2, 0) is 20.3 Å². The molecule has 0 N–H and O–H groups in total. The summed E-state index contributed by atoms with van der Waals surface area (Å²) in [5.74, 6) is 7.93. The fourth-order valence-electron chi connectivity index (χ4n) is 11.6. The van der Waals surface area contributed by atoms with E-state index in [1.165, 1.54) is 93.9 Å². The van der Waals surface area contributed by atoms with Gasteiger partial charge in [-0.1, -0.05) is 0 Å². The molecule has 4 nitrogen and oxygen atoms in total. The lowest BCUT2D eigenvalue weighted by molar-refractivity contribution is -0.0113. The molecule has 1 aromatic rings. The minimum atomic E-state index is 0.283. The minimum absolute atomic E-state index is 0.283. The van der Waals surface area contributed by atoms with Crippen molar-refractivity contribution in [3.05, 3.63) is 22.8 Å². The molecule has 0 radical (unpaired) electrons. The number of epoxide rings is 2. The van der Waals surface area contributed by atoms with E-state index in [9.17, 15) is 0 Å². The maximum Gasteiger partial charge on any atom is 0.127 e. The van der Waals surface area contributed by atoms with Crippen LogP contribution in [0.2, 0.25) is 0 Å². The second-order valence-electron chi connectivity index (χ2n) is 15.2. The highest BCUT2D eigenvalue weighted by molar-refractivity contribution is 5.60. The molecule has 4 heteroatoms. The predicted octanol–water partition coefficient (Wildman–Crippen LogP) is 6.49. The Morgan fingerprint density at radius 1 is 0.676 bits per heavy atom. The van der Waals surface area contributed by atoms with Crippen LogP contribution in [0.1, 0.15) is 93.7 Å². The lowest BCUT2D eigenvalue weighted by Gasteiger charge is -2.59. The summed E-state index contributed by atoms with van der Waals surface area (Å²) in [4.78, 5) is 0. The van der Waals surface area contributed by atoms with E-state index < -0.39 is 0 Å². The molecular formula is C33H44O4. The Kier molecular flexibility index (Phi) is 4.82. The fourth-order valence-corrected chi connectivity index (χ4v) is 11.6. The van der Waals surface area contributed by atoms with Gasteiger partial charge in [0.2, 0.25) is 0 Å². The molecule has 2 unspecified atom stereocenters. The van der Waals surface area contributed by atoms with E-state index in [0.717, 1.165) is 54.5 Å². The zero-order valence-corrected chi connectivity index (χ0v) is 22.6. The number of hydrogen-bond acceptors (Lipinski definition) is 4. The molecule has 37 heavy (non-hydrogen) atoms. The third-order valence-electron chi connectivity index (χ3n) is 12.3. The standard InChI is InChI=1S/C33H44O4/c1-19-29(36-17-26-15-34-26)8-28(32-9-20-2-21(10-32)4-22(3-20)11-32)31(37-18-27-16-35-27)30(19)33-12-23-5-24(13-33)7-25(6-23)14-33/h8,20-27H,2-7,9-18H2,1H3. The van der Waals surface area contributed by atoms with Crippen LogP contribution in [0.4, 0.5) is 0 Å². The molecule has 8 bridgehead atoms. The van der Waals surface area contributed by atoms with Gasteiger partial charge in [0, 0.05) is 16.5 Å². The largest absolute Gasteiger partial charge is 0.490 e. The monoisotopic (exact) mass is 504 g/mol. The van der Waals surface area contributed by atoms with E-state index >= 15 is 0 Å². The summed E-state index contributed by atoms with van der Waals surface area (Å²) in [5, 5.41) is 0. The summed E-state index contributed by atoms with van der Waals surface area (Å²) < 4.78 is 24.9. The summed E-state index contributed by atoms with van der Waals surface area (Å²) in [5.41, 5.74) is 5.06. The van der Waals surface area contributed by atoms with Crippen molar-refractivity contribution in [1.29, 1.82) is 0 Å². The van der Waals surface area contributed by atoms with Crippen molar-refractivity contribution < 1.29 is 18.9 Å². The molecule has 0 aromatic heterocycles. The molecule has 8 aliphatic carbocycles. The van der Waals surface area contributed by atoms with Crippen molar-refractivity contribution in [3.63, 3.8) is 0 Å². The Morgan fingerprint density at radius 3 is 1.57 bits per heavy atom. The Balaban J connectivity index is 1.22. The molecule has 1 aromatic carbocycles. The van der Waals surface area contributed by atoms with Gasteiger partial charge in [0.25, 0.3) is 0 Å². The number of ether oxygens (including phenoxy) is 4. The first-order valence-corrected chi connectivity index (χ1v) is 15.7. The number of benzene rings is 1. The molecule has 0 spiro atoms. The van der Waals surface area contributed by atoms with Crippen LogP contribution >= 0.6 is 0 Å². The first-order valence-electron chi connectivity index (χ1n) is 15.7. The molecule has 2 aliphatic heterocycles. The Morgan fingerprint density at radius 2 is 1.11 bits per heavy atom. The van der Waals surface area contributed by atoms with E-state index in [2.05, 4.69) is 13.0 Å². The van der Waals surface area contributed by atoms with Gasteiger partial charge in [-0.3, -0.25) is 0 Å². The van der Waals surface area contributed by atoms with Gasteiger partial charge < -0.3 is 18.9 Å². The summed E-state index contributed by atoms with van der Waals surface area (Å²) in [6, 6.07) is 2.48. The van der Waals surface area contributed by atoms with Crippen LogP contribution < -0.4 is 9.47 Å². The zero-order valence-electron chi connectivity index (χ0n) is 22.6. The normalized spacial score (nSPS) is 47.9. The van der Waals surface area contributed by atoms with Crippen LogP contribution in [0.3, 0.4) is 0 Å². The van der Waals surface area contributed by atoms with Crippen LogP contribution in [0.15, 0.2) is 6.07 Å². The van der Waals surface area contributed by atoms with E-state index in [1.807, 2.05) is 0 Å². The van der Waals surface area contributed by atoms with Crippen LogP contribution in [0, 0.1) is 42.4 Å². The highest BCUT2D eigenvalue weighted by atomic mass is 16.6. The number of rotatable bonds is 8. The summed E-state index contributed by atoms with van der Waals surface area (Å²) in [6.45, 7) is 5.49. The van der Waals surface area contributed by atoms with Gasteiger partial charge in [-0.25, -0.2) is 0 Å². The summed E-state index contributed by atoms with van der Waals surface area (Å²) in [6.07, 6.45) is 17.6. The zero-order chi connectivity index (χ0) is 24.4. The first kappa shape index (κ1) is 22.5. The van der Waals surface area contributed by atoms with Gasteiger partial charge in [-0.15, -0.1) is 0 Å².